The maximum atomic E-state index is 10.7. The fourth-order valence-electron chi connectivity index (χ4n) is 2.33. The Balaban J connectivity index is 1.92. The number of carboxylic acid groups (broad SMARTS) is 1. The van der Waals surface area contributed by atoms with Crippen molar-refractivity contribution in [2.75, 3.05) is 13.1 Å². The standard InChI is InChI=1S/C12H13N3O2/c1-14-10-5-3-2-4-9(10)13-11(14)8-6-15(7-8)12(16)17/h2-5,8H,6-7H2,1H3,(H,16,17). The van der Waals surface area contributed by atoms with Crippen LogP contribution in [-0.2, 0) is 7.05 Å². The number of hydrogen-bond acceptors (Lipinski definition) is 2. The van der Waals surface area contributed by atoms with Crippen molar-refractivity contribution < 1.29 is 9.90 Å². The van der Waals surface area contributed by atoms with Crippen molar-refractivity contribution in [2.45, 2.75) is 5.92 Å². The molecule has 1 saturated heterocycles. The van der Waals surface area contributed by atoms with Gasteiger partial charge in [-0.1, -0.05) is 12.1 Å². The molecule has 0 unspecified atom stereocenters. The Bertz CT molecular complexity index is 584. The molecule has 1 amide bonds. The maximum Gasteiger partial charge on any atom is 0.407 e. The number of carbonyl (C=O) groups is 1. The first-order chi connectivity index (χ1) is 8.16. The molecule has 2 aromatic rings. The first kappa shape index (κ1) is 10.1. The van der Waals surface area contributed by atoms with Crippen LogP contribution in [0.2, 0.25) is 0 Å². The van der Waals surface area contributed by atoms with E-state index in [4.69, 9.17) is 5.11 Å². The zero-order chi connectivity index (χ0) is 12.0. The third-order valence-electron chi connectivity index (χ3n) is 3.34. The topological polar surface area (TPSA) is 58.4 Å². The summed E-state index contributed by atoms with van der Waals surface area (Å²) in [5.41, 5.74) is 2.06. The summed E-state index contributed by atoms with van der Waals surface area (Å²) in [6, 6.07) is 7.95. The molecule has 0 aliphatic carbocycles. The fraction of sp³-hybridized carbons (Fsp3) is 0.333. The molecule has 0 saturated carbocycles. The van der Waals surface area contributed by atoms with Gasteiger partial charge in [-0.15, -0.1) is 0 Å². The number of hydrogen-bond donors (Lipinski definition) is 1. The van der Waals surface area contributed by atoms with Crippen LogP contribution in [-0.4, -0.2) is 38.7 Å². The Hall–Kier alpha value is -2.04. The van der Waals surface area contributed by atoms with Crippen LogP contribution in [0.25, 0.3) is 11.0 Å². The SMILES string of the molecule is Cn1c(C2CN(C(=O)O)C2)nc2ccccc21. The van der Waals surface area contributed by atoms with Crippen molar-refractivity contribution in [3.05, 3.63) is 30.1 Å². The van der Waals surface area contributed by atoms with Crippen molar-refractivity contribution in [1.29, 1.82) is 0 Å². The van der Waals surface area contributed by atoms with Gasteiger partial charge < -0.3 is 14.6 Å². The zero-order valence-corrected chi connectivity index (χ0v) is 9.50. The van der Waals surface area contributed by atoms with E-state index in [0.29, 0.717) is 13.1 Å². The summed E-state index contributed by atoms with van der Waals surface area (Å²) < 4.78 is 2.05. The number of amides is 1. The molecule has 1 fully saturated rings. The van der Waals surface area contributed by atoms with Crippen LogP contribution >= 0.6 is 0 Å². The van der Waals surface area contributed by atoms with Gasteiger partial charge in [-0.2, -0.15) is 0 Å². The second-order valence-corrected chi connectivity index (χ2v) is 4.40. The number of likely N-dealkylation sites (tertiary alicyclic amines) is 1. The van der Waals surface area contributed by atoms with Crippen molar-refractivity contribution in [3.63, 3.8) is 0 Å². The van der Waals surface area contributed by atoms with Gasteiger partial charge in [-0.25, -0.2) is 9.78 Å². The van der Waals surface area contributed by atoms with Crippen LogP contribution in [0.3, 0.4) is 0 Å². The van der Waals surface area contributed by atoms with E-state index in [1.807, 2.05) is 31.3 Å². The highest BCUT2D eigenvalue weighted by Crippen LogP contribution is 2.28. The summed E-state index contributed by atoms with van der Waals surface area (Å²) in [6.07, 6.45) is -0.847. The highest BCUT2D eigenvalue weighted by Gasteiger charge is 2.34. The van der Waals surface area contributed by atoms with Crippen molar-refractivity contribution >= 4 is 17.1 Å². The molecular weight excluding hydrogens is 218 g/mol. The molecule has 0 bridgehead atoms. The lowest BCUT2D eigenvalue weighted by atomic mass is 10.0. The fourth-order valence-corrected chi connectivity index (χ4v) is 2.33. The number of imidazole rings is 1. The van der Waals surface area contributed by atoms with E-state index in [0.717, 1.165) is 16.9 Å². The summed E-state index contributed by atoms with van der Waals surface area (Å²) in [4.78, 5) is 16.7. The van der Waals surface area contributed by atoms with Crippen LogP contribution in [0.1, 0.15) is 11.7 Å². The monoisotopic (exact) mass is 231 g/mol. The highest BCUT2D eigenvalue weighted by atomic mass is 16.4. The number of nitrogens with zero attached hydrogens (tertiary/aromatic N) is 3. The second-order valence-electron chi connectivity index (χ2n) is 4.40. The molecule has 3 rings (SSSR count). The van der Waals surface area contributed by atoms with Gasteiger partial charge in [-0.3, -0.25) is 0 Å². The Kier molecular flexibility index (Phi) is 2.07. The molecule has 1 aliphatic rings. The number of rotatable bonds is 1. The lowest BCUT2D eigenvalue weighted by Gasteiger charge is -2.36. The molecule has 17 heavy (non-hydrogen) atoms. The molecule has 5 nitrogen and oxygen atoms in total. The van der Waals surface area contributed by atoms with Crippen LogP contribution in [0.15, 0.2) is 24.3 Å². The zero-order valence-electron chi connectivity index (χ0n) is 9.50. The number of aryl methyl sites for hydroxylation is 1. The summed E-state index contributed by atoms with van der Waals surface area (Å²) >= 11 is 0. The minimum atomic E-state index is -0.847. The van der Waals surface area contributed by atoms with Crippen molar-refractivity contribution in [1.82, 2.24) is 14.5 Å². The van der Waals surface area contributed by atoms with E-state index in [9.17, 15) is 4.79 Å². The van der Waals surface area contributed by atoms with Crippen LogP contribution in [0, 0.1) is 0 Å². The Morgan fingerprint density at radius 3 is 2.76 bits per heavy atom. The second kappa shape index (κ2) is 3.48. The summed E-state index contributed by atoms with van der Waals surface area (Å²) in [5.74, 6) is 1.20. The summed E-state index contributed by atoms with van der Waals surface area (Å²) in [5, 5.41) is 8.81. The molecule has 1 aromatic carbocycles. The smallest absolute Gasteiger partial charge is 0.407 e. The normalized spacial score (nSPS) is 16.2. The lowest BCUT2D eigenvalue weighted by Crippen LogP contribution is -2.48. The third kappa shape index (κ3) is 1.46. The molecule has 88 valence electrons. The molecular formula is C12H13N3O2. The molecule has 5 heteroatoms. The van der Waals surface area contributed by atoms with Crippen molar-refractivity contribution in [3.8, 4) is 0 Å². The van der Waals surface area contributed by atoms with Gasteiger partial charge in [0, 0.05) is 20.1 Å². The average molecular weight is 231 g/mol. The predicted molar refractivity (Wildman–Crippen MR) is 63.1 cm³/mol. The third-order valence-corrected chi connectivity index (χ3v) is 3.34. The number of aromatic nitrogens is 2. The van der Waals surface area contributed by atoms with E-state index in [1.165, 1.54) is 4.90 Å². The molecule has 1 N–H and O–H groups in total. The van der Waals surface area contributed by atoms with Gasteiger partial charge in [0.25, 0.3) is 0 Å². The first-order valence-corrected chi connectivity index (χ1v) is 5.56. The van der Waals surface area contributed by atoms with Crippen LogP contribution in [0.4, 0.5) is 4.79 Å². The minimum Gasteiger partial charge on any atom is -0.465 e. The molecule has 1 aromatic heterocycles. The summed E-state index contributed by atoms with van der Waals surface area (Å²) in [6.45, 7) is 1.10. The summed E-state index contributed by atoms with van der Waals surface area (Å²) in [7, 11) is 1.98. The van der Waals surface area contributed by atoms with Gasteiger partial charge in [-0.05, 0) is 12.1 Å². The molecule has 0 radical (unpaired) electrons. The van der Waals surface area contributed by atoms with E-state index < -0.39 is 6.09 Å². The van der Waals surface area contributed by atoms with E-state index >= 15 is 0 Å². The van der Waals surface area contributed by atoms with Gasteiger partial charge in [0.2, 0.25) is 0 Å². The Morgan fingerprint density at radius 1 is 1.41 bits per heavy atom. The molecule has 0 spiro atoms. The minimum absolute atomic E-state index is 0.225. The van der Waals surface area contributed by atoms with E-state index in [2.05, 4.69) is 9.55 Å². The molecule has 2 heterocycles. The van der Waals surface area contributed by atoms with Gasteiger partial charge in [0.05, 0.1) is 17.0 Å². The quantitative estimate of drug-likeness (QED) is 0.811. The molecule has 0 atom stereocenters. The number of benzene rings is 1. The van der Waals surface area contributed by atoms with Crippen molar-refractivity contribution in [2.24, 2.45) is 7.05 Å². The number of para-hydroxylation sites is 2. The average Bonchev–Trinajstić information content (AvgIpc) is 2.55. The van der Waals surface area contributed by atoms with Gasteiger partial charge >= 0.3 is 6.09 Å². The largest absolute Gasteiger partial charge is 0.465 e. The highest BCUT2D eigenvalue weighted by molar-refractivity contribution is 5.76. The van der Waals surface area contributed by atoms with E-state index in [-0.39, 0.29) is 5.92 Å². The van der Waals surface area contributed by atoms with Gasteiger partial charge in [0.15, 0.2) is 0 Å². The van der Waals surface area contributed by atoms with Crippen LogP contribution < -0.4 is 0 Å². The first-order valence-electron chi connectivity index (χ1n) is 5.56. The Labute approximate surface area is 98.3 Å². The van der Waals surface area contributed by atoms with Crippen LogP contribution in [0.5, 0.6) is 0 Å². The maximum absolute atomic E-state index is 10.7. The predicted octanol–water partition coefficient (Wildman–Crippen LogP) is 1.65. The molecule has 1 aliphatic heterocycles. The number of fused-ring (bicyclic) bond motifs is 1. The lowest BCUT2D eigenvalue weighted by molar-refractivity contribution is 0.103. The Morgan fingerprint density at radius 2 is 2.12 bits per heavy atom. The van der Waals surface area contributed by atoms with E-state index in [1.54, 1.807) is 0 Å². The van der Waals surface area contributed by atoms with Gasteiger partial charge in [0.1, 0.15) is 5.82 Å².